The summed E-state index contributed by atoms with van der Waals surface area (Å²) >= 11 is 7.53. The van der Waals surface area contributed by atoms with Gasteiger partial charge < -0.3 is 14.7 Å². The van der Waals surface area contributed by atoms with Crippen LogP contribution >= 0.6 is 22.9 Å². The van der Waals surface area contributed by atoms with Crippen LogP contribution in [0.25, 0.3) is 0 Å². The molecule has 3 heterocycles. The van der Waals surface area contributed by atoms with Gasteiger partial charge in [-0.15, -0.1) is 11.3 Å². The number of thiophene rings is 1. The van der Waals surface area contributed by atoms with Gasteiger partial charge in [-0.25, -0.2) is 0 Å². The van der Waals surface area contributed by atoms with E-state index >= 15 is 0 Å². The molecule has 0 unspecified atom stereocenters. The van der Waals surface area contributed by atoms with E-state index in [0.29, 0.717) is 21.7 Å². The van der Waals surface area contributed by atoms with E-state index in [4.69, 9.17) is 16.3 Å². The van der Waals surface area contributed by atoms with Gasteiger partial charge in [-0.2, -0.15) is 0 Å². The van der Waals surface area contributed by atoms with Gasteiger partial charge in [0.2, 0.25) is 0 Å². The molecule has 0 aromatic carbocycles. The highest BCUT2D eigenvalue weighted by Crippen LogP contribution is 2.39. The van der Waals surface area contributed by atoms with Gasteiger partial charge in [0, 0.05) is 32.2 Å². The SMILES string of the molecule is O=C(c1sccc1Cl)N1C[C@H]2C[C@@H](N3CCOCC3)[C@H](O)C[C@H]2C1. The second kappa shape index (κ2) is 6.92. The lowest BCUT2D eigenvalue weighted by Crippen LogP contribution is -2.53. The Morgan fingerprint density at radius 1 is 1.25 bits per heavy atom. The Kier molecular flexibility index (Phi) is 4.84. The number of carbonyl (C=O) groups is 1. The molecule has 2 saturated heterocycles. The number of aliphatic hydroxyl groups excluding tert-OH is 1. The minimum atomic E-state index is -0.301. The van der Waals surface area contributed by atoms with Crippen molar-refractivity contribution in [2.75, 3.05) is 39.4 Å². The van der Waals surface area contributed by atoms with E-state index in [1.165, 1.54) is 11.3 Å². The van der Waals surface area contributed by atoms with Crippen molar-refractivity contribution in [1.29, 1.82) is 0 Å². The topological polar surface area (TPSA) is 53.0 Å². The van der Waals surface area contributed by atoms with Gasteiger partial charge in [-0.1, -0.05) is 11.6 Å². The predicted molar refractivity (Wildman–Crippen MR) is 93.6 cm³/mol. The van der Waals surface area contributed by atoms with E-state index in [-0.39, 0.29) is 18.1 Å². The second-order valence-corrected chi connectivity index (χ2v) is 8.41. The first-order chi connectivity index (χ1) is 11.6. The average Bonchev–Trinajstić information content (AvgIpc) is 3.20. The van der Waals surface area contributed by atoms with Crippen molar-refractivity contribution < 1.29 is 14.6 Å². The zero-order chi connectivity index (χ0) is 16.7. The summed E-state index contributed by atoms with van der Waals surface area (Å²) in [6.45, 7) is 4.81. The van der Waals surface area contributed by atoms with Crippen molar-refractivity contribution in [3.8, 4) is 0 Å². The molecule has 4 atom stereocenters. The number of nitrogens with zero attached hydrogens (tertiary/aromatic N) is 2. The highest BCUT2D eigenvalue weighted by Gasteiger charge is 2.45. The van der Waals surface area contributed by atoms with Crippen LogP contribution in [-0.2, 0) is 4.74 Å². The summed E-state index contributed by atoms with van der Waals surface area (Å²) in [5.41, 5.74) is 0. The van der Waals surface area contributed by atoms with Crippen molar-refractivity contribution in [3.63, 3.8) is 0 Å². The maximum atomic E-state index is 12.7. The highest BCUT2D eigenvalue weighted by atomic mass is 35.5. The number of aliphatic hydroxyl groups is 1. The highest BCUT2D eigenvalue weighted by molar-refractivity contribution is 7.12. The Labute approximate surface area is 151 Å². The van der Waals surface area contributed by atoms with Crippen LogP contribution in [0.1, 0.15) is 22.5 Å². The molecule has 1 aliphatic carbocycles. The van der Waals surface area contributed by atoms with Crippen LogP contribution < -0.4 is 0 Å². The van der Waals surface area contributed by atoms with E-state index in [0.717, 1.165) is 52.2 Å². The third kappa shape index (κ3) is 3.10. The zero-order valence-electron chi connectivity index (χ0n) is 13.6. The molecule has 1 amide bonds. The molecule has 1 aromatic heterocycles. The molecule has 1 N–H and O–H groups in total. The fourth-order valence-electron chi connectivity index (χ4n) is 4.46. The van der Waals surface area contributed by atoms with Crippen LogP contribution in [0.4, 0.5) is 0 Å². The number of halogens is 1. The van der Waals surface area contributed by atoms with E-state index in [1.807, 2.05) is 10.3 Å². The number of likely N-dealkylation sites (tertiary alicyclic amines) is 1. The average molecular weight is 371 g/mol. The molecule has 4 rings (SSSR count). The molecule has 2 aliphatic heterocycles. The summed E-state index contributed by atoms with van der Waals surface area (Å²) in [4.78, 5) is 17.6. The number of hydrogen-bond donors (Lipinski definition) is 1. The molecule has 132 valence electrons. The number of hydrogen-bond acceptors (Lipinski definition) is 5. The maximum absolute atomic E-state index is 12.7. The normalized spacial score (nSPS) is 34.3. The number of carbonyl (C=O) groups excluding carboxylic acids is 1. The monoisotopic (exact) mass is 370 g/mol. The fourth-order valence-corrected chi connectivity index (χ4v) is 5.57. The number of morpholine rings is 1. The van der Waals surface area contributed by atoms with Crippen LogP contribution in [0.2, 0.25) is 5.02 Å². The summed E-state index contributed by atoms with van der Waals surface area (Å²) in [5, 5.41) is 13.0. The van der Waals surface area contributed by atoms with Crippen LogP contribution in [0, 0.1) is 11.8 Å². The Morgan fingerprint density at radius 3 is 2.62 bits per heavy atom. The lowest BCUT2D eigenvalue weighted by Gasteiger charge is -2.43. The number of amides is 1. The number of ether oxygens (including phenoxy) is 1. The quantitative estimate of drug-likeness (QED) is 0.864. The summed E-state index contributed by atoms with van der Waals surface area (Å²) < 4.78 is 5.43. The summed E-state index contributed by atoms with van der Waals surface area (Å²) in [5.74, 6) is 0.922. The zero-order valence-corrected chi connectivity index (χ0v) is 15.1. The largest absolute Gasteiger partial charge is 0.391 e. The van der Waals surface area contributed by atoms with Crippen molar-refractivity contribution in [3.05, 3.63) is 21.3 Å². The van der Waals surface area contributed by atoms with Gasteiger partial charge in [0.25, 0.3) is 5.91 Å². The minimum absolute atomic E-state index is 0.0433. The van der Waals surface area contributed by atoms with Gasteiger partial charge in [-0.05, 0) is 36.1 Å². The van der Waals surface area contributed by atoms with Gasteiger partial charge in [0.15, 0.2) is 0 Å². The first kappa shape index (κ1) is 16.8. The maximum Gasteiger partial charge on any atom is 0.265 e. The van der Waals surface area contributed by atoms with Gasteiger partial charge in [0.1, 0.15) is 4.88 Å². The second-order valence-electron chi connectivity index (χ2n) is 7.08. The number of fused-ring (bicyclic) bond motifs is 1. The van der Waals surface area contributed by atoms with Crippen LogP contribution in [0.5, 0.6) is 0 Å². The Balaban J connectivity index is 1.43. The Bertz CT molecular complexity index is 604. The molecule has 5 nitrogen and oxygen atoms in total. The molecule has 1 saturated carbocycles. The number of rotatable bonds is 2. The molecule has 24 heavy (non-hydrogen) atoms. The fraction of sp³-hybridized carbons (Fsp3) is 0.706. The molecule has 3 aliphatic rings. The molecule has 7 heteroatoms. The molecule has 3 fully saturated rings. The molecule has 0 spiro atoms. The molecule has 0 radical (unpaired) electrons. The van der Waals surface area contributed by atoms with Crippen LogP contribution in [0.3, 0.4) is 0 Å². The van der Waals surface area contributed by atoms with E-state index < -0.39 is 0 Å². The van der Waals surface area contributed by atoms with Crippen molar-refractivity contribution in [2.24, 2.45) is 11.8 Å². The first-order valence-corrected chi connectivity index (χ1v) is 9.91. The standard InChI is InChI=1S/C17H23ClN2O3S/c18-13-1-6-24-16(13)17(22)20-9-11-7-14(15(21)8-12(11)10-20)19-2-4-23-5-3-19/h1,6,11-12,14-15,21H,2-5,7-10H2/t11-,12+,14-,15-/m1/s1. The summed E-state index contributed by atoms with van der Waals surface area (Å²) in [7, 11) is 0. The molecule has 0 bridgehead atoms. The summed E-state index contributed by atoms with van der Waals surface area (Å²) in [6.07, 6.45) is 1.45. The molecular formula is C17H23ClN2O3S. The lowest BCUT2D eigenvalue weighted by molar-refractivity contribution is -0.0520. The lowest BCUT2D eigenvalue weighted by atomic mass is 9.77. The van der Waals surface area contributed by atoms with Crippen LogP contribution in [0.15, 0.2) is 11.4 Å². The van der Waals surface area contributed by atoms with E-state index in [9.17, 15) is 9.90 Å². The van der Waals surface area contributed by atoms with Gasteiger partial charge in [0.05, 0.1) is 24.3 Å². The summed E-state index contributed by atoms with van der Waals surface area (Å²) in [6, 6.07) is 1.98. The van der Waals surface area contributed by atoms with E-state index in [1.54, 1.807) is 6.07 Å². The van der Waals surface area contributed by atoms with Crippen molar-refractivity contribution in [1.82, 2.24) is 9.80 Å². The first-order valence-electron chi connectivity index (χ1n) is 8.65. The molecule has 1 aromatic rings. The van der Waals surface area contributed by atoms with Gasteiger partial charge >= 0.3 is 0 Å². The Hall–Kier alpha value is -0.660. The molecular weight excluding hydrogens is 348 g/mol. The van der Waals surface area contributed by atoms with Crippen LogP contribution in [-0.4, -0.2) is 72.4 Å². The third-order valence-electron chi connectivity index (χ3n) is 5.72. The van der Waals surface area contributed by atoms with E-state index in [2.05, 4.69) is 4.90 Å². The van der Waals surface area contributed by atoms with Crippen molar-refractivity contribution in [2.45, 2.75) is 25.0 Å². The Morgan fingerprint density at radius 2 is 1.96 bits per heavy atom. The minimum Gasteiger partial charge on any atom is -0.391 e. The predicted octanol–water partition coefficient (Wildman–Crippen LogP) is 1.95. The third-order valence-corrected chi connectivity index (χ3v) is 7.05. The van der Waals surface area contributed by atoms with Crippen molar-refractivity contribution >= 4 is 28.8 Å². The van der Waals surface area contributed by atoms with Gasteiger partial charge in [-0.3, -0.25) is 9.69 Å². The smallest absolute Gasteiger partial charge is 0.265 e.